The number of benzene rings is 1. The minimum absolute atomic E-state index is 0.0954. The maximum absolute atomic E-state index is 13.3. The molecular weight excluding hydrogens is 365 g/mol. The van der Waals surface area contributed by atoms with Gasteiger partial charge in [-0.25, -0.2) is 14.1 Å². The quantitative estimate of drug-likeness (QED) is 0.705. The largest absolute Gasteiger partial charge is 0.338 e. The molecule has 1 amide bonds. The van der Waals surface area contributed by atoms with E-state index in [4.69, 9.17) is 5.73 Å². The summed E-state index contributed by atoms with van der Waals surface area (Å²) in [7, 11) is 1.71. The van der Waals surface area contributed by atoms with Crippen molar-refractivity contribution in [3.8, 4) is 16.4 Å². The van der Waals surface area contributed by atoms with Gasteiger partial charge in [-0.1, -0.05) is 19.9 Å². The second kappa shape index (κ2) is 7.58. The Morgan fingerprint density at radius 2 is 2.00 bits per heavy atom. The highest BCUT2D eigenvalue weighted by atomic mass is 32.1. The van der Waals surface area contributed by atoms with E-state index in [-0.39, 0.29) is 23.0 Å². The second-order valence-corrected chi connectivity index (χ2v) is 8.10. The minimum Gasteiger partial charge on any atom is -0.338 e. The number of halogens is 1. The molecule has 2 aromatic heterocycles. The summed E-state index contributed by atoms with van der Waals surface area (Å²) in [6, 6.07) is 9.73. The molecule has 0 saturated carbocycles. The lowest BCUT2D eigenvalue weighted by atomic mass is 9.93. The van der Waals surface area contributed by atoms with Crippen molar-refractivity contribution in [1.82, 2.24) is 19.7 Å². The van der Waals surface area contributed by atoms with Crippen molar-refractivity contribution in [2.24, 2.45) is 11.1 Å². The molecule has 2 N–H and O–H groups in total. The van der Waals surface area contributed by atoms with Gasteiger partial charge in [-0.2, -0.15) is 0 Å². The molecule has 1 aromatic carbocycles. The summed E-state index contributed by atoms with van der Waals surface area (Å²) >= 11 is 1.50. The average Bonchev–Trinajstić information content (AvgIpc) is 3.31. The topological polar surface area (TPSA) is 77.0 Å². The smallest absolute Gasteiger partial charge is 0.293 e. The van der Waals surface area contributed by atoms with Crippen molar-refractivity contribution >= 4 is 17.2 Å². The van der Waals surface area contributed by atoms with Crippen LogP contribution in [0, 0.1) is 11.2 Å². The lowest BCUT2D eigenvalue weighted by molar-refractivity contribution is 0.0728. The van der Waals surface area contributed by atoms with E-state index in [1.807, 2.05) is 31.4 Å². The van der Waals surface area contributed by atoms with E-state index >= 15 is 0 Å². The fourth-order valence-electron chi connectivity index (χ4n) is 2.68. The van der Waals surface area contributed by atoms with E-state index in [1.165, 1.54) is 23.5 Å². The summed E-state index contributed by atoms with van der Waals surface area (Å²) < 4.78 is 14.9. The minimum atomic E-state index is -0.336. The van der Waals surface area contributed by atoms with Crippen LogP contribution in [-0.4, -0.2) is 45.7 Å². The molecule has 0 fully saturated rings. The van der Waals surface area contributed by atoms with Gasteiger partial charge in [0.2, 0.25) is 5.82 Å². The van der Waals surface area contributed by atoms with E-state index in [9.17, 15) is 9.18 Å². The van der Waals surface area contributed by atoms with Crippen molar-refractivity contribution in [3.05, 3.63) is 53.4 Å². The zero-order chi connectivity index (χ0) is 19.6. The predicted molar refractivity (Wildman–Crippen MR) is 104 cm³/mol. The molecule has 0 bridgehead atoms. The van der Waals surface area contributed by atoms with E-state index in [0.29, 0.717) is 24.6 Å². The van der Waals surface area contributed by atoms with Gasteiger partial charge in [0.1, 0.15) is 5.82 Å². The van der Waals surface area contributed by atoms with Crippen LogP contribution < -0.4 is 5.73 Å². The summed E-state index contributed by atoms with van der Waals surface area (Å²) in [5.41, 5.74) is 6.20. The molecule has 8 heteroatoms. The predicted octanol–water partition coefficient (Wildman–Crippen LogP) is 3.19. The standard InChI is InChI=1S/C19H22FN5OS/c1-19(2,11-21)12-24(3)18(26)16-22-17(15-5-4-10-27-15)25(23-16)14-8-6-13(20)7-9-14/h4-10H,11-12,21H2,1-3H3. The molecule has 0 unspecified atom stereocenters. The van der Waals surface area contributed by atoms with E-state index in [0.717, 1.165) is 4.88 Å². The fourth-order valence-corrected chi connectivity index (χ4v) is 3.38. The van der Waals surface area contributed by atoms with Gasteiger partial charge in [0.25, 0.3) is 5.91 Å². The molecule has 2 heterocycles. The molecule has 0 aliphatic heterocycles. The zero-order valence-electron chi connectivity index (χ0n) is 15.5. The molecule has 0 saturated heterocycles. The van der Waals surface area contributed by atoms with Crippen LogP contribution in [0.25, 0.3) is 16.4 Å². The number of carbonyl (C=O) groups is 1. The van der Waals surface area contributed by atoms with Crippen LogP contribution in [0.3, 0.4) is 0 Å². The summed E-state index contributed by atoms with van der Waals surface area (Å²) in [5, 5.41) is 6.34. The Hall–Kier alpha value is -2.58. The molecule has 3 rings (SSSR count). The molecule has 0 spiro atoms. The number of aromatic nitrogens is 3. The number of thiophene rings is 1. The molecule has 0 atom stereocenters. The number of rotatable bonds is 6. The first-order chi connectivity index (χ1) is 12.8. The van der Waals surface area contributed by atoms with Gasteiger partial charge in [-0.15, -0.1) is 16.4 Å². The zero-order valence-corrected chi connectivity index (χ0v) is 16.3. The molecule has 142 valence electrons. The van der Waals surface area contributed by atoms with Gasteiger partial charge >= 0.3 is 0 Å². The molecule has 0 aliphatic rings. The Bertz CT molecular complexity index is 918. The van der Waals surface area contributed by atoms with Crippen LogP contribution in [0.4, 0.5) is 4.39 Å². The average molecular weight is 387 g/mol. The molecule has 27 heavy (non-hydrogen) atoms. The summed E-state index contributed by atoms with van der Waals surface area (Å²) in [6.07, 6.45) is 0. The number of hydrogen-bond acceptors (Lipinski definition) is 5. The van der Waals surface area contributed by atoms with Crippen LogP contribution in [-0.2, 0) is 0 Å². The Balaban J connectivity index is 1.99. The van der Waals surface area contributed by atoms with E-state index < -0.39 is 0 Å². The number of nitrogens with zero attached hydrogens (tertiary/aromatic N) is 4. The van der Waals surface area contributed by atoms with Crippen molar-refractivity contribution in [1.29, 1.82) is 0 Å². The Kier molecular flexibility index (Phi) is 5.38. The van der Waals surface area contributed by atoms with Gasteiger partial charge < -0.3 is 10.6 Å². The summed E-state index contributed by atoms with van der Waals surface area (Å²) in [5.74, 6) is 0.0243. The van der Waals surface area contributed by atoms with Gasteiger partial charge in [0.15, 0.2) is 5.82 Å². The fraction of sp³-hybridized carbons (Fsp3) is 0.316. The van der Waals surface area contributed by atoms with Crippen molar-refractivity contribution in [3.63, 3.8) is 0 Å². The maximum Gasteiger partial charge on any atom is 0.293 e. The summed E-state index contributed by atoms with van der Waals surface area (Å²) in [6.45, 7) is 4.95. The molecule has 0 aliphatic carbocycles. The number of amides is 1. The molecular formula is C19H22FN5OS. The van der Waals surface area contributed by atoms with Gasteiger partial charge in [0, 0.05) is 13.6 Å². The van der Waals surface area contributed by atoms with Gasteiger partial charge in [-0.3, -0.25) is 4.79 Å². The lowest BCUT2D eigenvalue weighted by Gasteiger charge is -2.28. The van der Waals surface area contributed by atoms with Crippen LogP contribution >= 0.6 is 11.3 Å². The third-order valence-corrected chi connectivity index (χ3v) is 5.04. The van der Waals surface area contributed by atoms with E-state index in [2.05, 4.69) is 10.1 Å². The van der Waals surface area contributed by atoms with Crippen molar-refractivity contribution in [2.45, 2.75) is 13.8 Å². The van der Waals surface area contributed by atoms with E-state index in [1.54, 1.807) is 28.8 Å². The lowest BCUT2D eigenvalue weighted by Crippen LogP contribution is -2.40. The van der Waals surface area contributed by atoms with Crippen LogP contribution in [0.1, 0.15) is 24.5 Å². The monoisotopic (exact) mass is 387 g/mol. The van der Waals surface area contributed by atoms with Crippen LogP contribution in [0.15, 0.2) is 41.8 Å². The Labute approximate surface area is 161 Å². The molecule has 3 aromatic rings. The highest BCUT2D eigenvalue weighted by Gasteiger charge is 2.26. The maximum atomic E-state index is 13.3. The SMILES string of the molecule is CN(CC(C)(C)CN)C(=O)c1nc(-c2cccs2)n(-c2ccc(F)cc2)n1. The number of nitrogens with two attached hydrogens (primary N) is 1. The first-order valence-electron chi connectivity index (χ1n) is 8.53. The first kappa shape index (κ1) is 19.2. The number of hydrogen-bond donors (Lipinski definition) is 1. The third-order valence-electron chi connectivity index (χ3n) is 4.18. The Morgan fingerprint density at radius 1 is 1.30 bits per heavy atom. The summed E-state index contributed by atoms with van der Waals surface area (Å²) in [4.78, 5) is 19.8. The number of carbonyl (C=O) groups excluding carboxylic acids is 1. The van der Waals surface area contributed by atoms with Gasteiger partial charge in [0.05, 0.1) is 10.6 Å². The second-order valence-electron chi connectivity index (χ2n) is 7.15. The highest BCUT2D eigenvalue weighted by Crippen LogP contribution is 2.26. The van der Waals surface area contributed by atoms with Gasteiger partial charge in [-0.05, 0) is 47.7 Å². The van der Waals surface area contributed by atoms with Crippen LogP contribution in [0.5, 0.6) is 0 Å². The van der Waals surface area contributed by atoms with Crippen molar-refractivity contribution in [2.75, 3.05) is 20.1 Å². The first-order valence-corrected chi connectivity index (χ1v) is 9.41. The van der Waals surface area contributed by atoms with Crippen LogP contribution in [0.2, 0.25) is 0 Å². The third kappa shape index (κ3) is 4.23. The van der Waals surface area contributed by atoms with Crippen molar-refractivity contribution < 1.29 is 9.18 Å². The molecule has 0 radical (unpaired) electrons. The normalized spacial score (nSPS) is 11.6. The Morgan fingerprint density at radius 3 is 2.59 bits per heavy atom. The highest BCUT2D eigenvalue weighted by molar-refractivity contribution is 7.13. The molecule has 6 nitrogen and oxygen atoms in total.